The predicted molar refractivity (Wildman–Crippen MR) is 181 cm³/mol. The number of rotatable bonds is 14. The minimum atomic E-state index is 0.952. The van der Waals surface area contributed by atoms with Crippen LogP contribution >= 0.6 is 31.9 Å². The second kappa shape index (κ2) is 19.0. The second-order valence-corrected chi connectivity index (χ2v) is 12.4. The van der Waals surface area contributed by atoms with E-state index in [0.29, 0.717) is 0 Å². The lowest BCUT2D eigenvalue weighted by molar-refractivity contribution is 0.607. The van der Waals surface area contributed by atoms with Crippen LogP contribution in [0.5, 0.6) is 0 Å². The van der Waals surface area contributed by atoms with Crippen molar-refractivity contribution in [1.29, 1.82) is 0 Å². The average molecular weight is 661 g/mol. The van der Waals surface area contributed by atoms with E-state index in [1.54, 1.807) is 0 Å². The highest BCUT2D eigenvalue weighted by molar-refractivity contribution is 9.11. The van der Waals surface area contributed by atoms with Gasteiger partial charge in [0, 0.05) is 31.2 Å². The fourth-order valence-corrected chi connectivity index (χ4v) is 5.63. The molecule has 0 bridgehead atoms. The first-order valence-electron chi connectivity index (χ1n) is 15.3. The van der Waals surface area contributed by atoms with Gasteiger partial charge in [0.25, 0.3) is 0 Å². The Bertz CT molecular complexity index is 1170. The molecule has 0 radical (unpaired) electrons. The first-order chi connectivity index (χ1) is 19.6. The Labute approximate surface area is 261 Å². The Kier molecular flexibility index (Phi) is 15.3. The van der Waals surface area contributed by atoms with Gasteiger partial charge in [-0.3, -0.25) is 0 Å². The standard InChI is InChI=1S/C38H44Br2/c1-3-5-7-9-11-13-15-31-17-21-33(22-18-31)25-27-35-29-38(40)36(30-37(35)39)28-26-34-23-19-32(20-24-34)16-14-12-10-8-6-4-2/h17-24,29-30H,3-16H2,1-2H3. The van der Waals surface area contributed by atoms with Gasteiger partial charge in [-0.05, 0) is 105 Å². The van der Waals surface area contributed by atoms with Crippen LogP contribution in [0.2, 0.25) is 0 Å². The van der Waals surface area contributed by atoms with Gasteiger partial charge >= 0.3 is 0 Å². The van der Waals surface area contributed by atoms with Crippen molar-refractivity contribution < 1.29 is 0 Å². The first-order valence-corrected chi connectivity index (χ1v) is 16.9. The number of hydrogen-bond donors (Lipinski definition) is 0. The topological polar surface area (TPSA) is 0 Å². The number of unbranched alkanes of at least 4 members (excludes halogenated alkanes) is 10. The molecule has 0 amide bonds. The minimum Gasteiger partial charge on any atom is -0.0654 e. The molecule has 0 N–H and O–H groups in total. The van der Waals surface area contributed by atoms with Crippen LogP contribution in [0.25, 0.3) is 0 Å². The van der Waals surface area contributed by atoms with Gasteiger partial charge < -0.3 is 0 Å². The molecule has 0 atom stereocenters. The van der Waals surface area contributed by atoms with Crippen LogP contribution in [0, 0.1) is 23.7 Å². The summed E-state index contributed by atoms with van der Waals surface area (Å²) in [6.45, 7) is 4.54. The highest BCUT2D eigenvalue weighted by Gasteiger charge is 2.04. The summed E-state index contributed by atoms with van der Waals surface area (Å²) in [5.41, 5.74) is 6.79. The zero-order valence-electron chi connectivity index (χ0n) is 24.4. The van der Waals surface area contributed by atoms with Crippen molar-refractivity contribution in [2.45, 2.75) is 104 Å². The van der Waals surface area contributed by atoms with Crippen LogP contribution in [0.15, 0.2) is 69.6 Å². The molecule has 0 unspecified atom stereocenters. The molecule has 0 aromatic heterocycles. The van der Waals surface area contributed by atoms with E-state index < -0.39 is 0 Å². The van der Waals surface area contributed by atoms with E-state index in [1.165, 1.54) is 88.2 Å². The summed E-state index contributed by atoms with van der Waals surface area (Å²) in [4.78, 5) is 0. The monoisotopic (exact) mass is 658 g/mol. The highest BCUT2D eigenvalue weighted by atomic mass is 79.9. The van der Waals surface area contributed by atoms with E-state index in [2.05, 4.69) is 130 Å². The Morgan fingerprint density at radius 3 is 1.18 bits per heavy atom. The van der Waals surface area contributed by atoms with E-state index >= 15 is 0 Å². The Morgan fingerprint density at radius 2 is 0.800 bits per heavy atom. The van der Waals surface area contributed by atoms with E-state index in [-0.39, 0.29) is 0 Å². The zero-order chi connectivity index (χ0) is 28.4. The van der Waals surface area contributed by atoms with Crippen LogP contribution < -0.4 is 0 Å². The van der Waals surface area contributed by atoms with Crippen LogP contribution in [0.1, 0.15) is 124 Å². The maximum atomic E-state index is 3.71. The molecule has 0 nitrogen and oxygen atoms in total. The van der Waals surface area contributed by atoms with Crippen molar-refractivity contribution in [2.24, 2.45) is 0 Å². The summed E-state index contributed by atoms with van der Waals surface area (Å²) in [5, 5.41) is 0. The number of benzene rings is 3. The van der Waals surface area contributed by atoms with Crippen LogP contribution in [0.4, 0.5) is 0 Å². The Balaban J connectivity index is 1.53. The maximum absolute atomic E-state index is 3.71. The van der Waals surface area contributed by atoms with E-state index in [0.717, 1.165) is 44.0 Å². The number of aryl methyl sites for hydroxylation is 2. The molecule has 0 fully saturated rings. The molecule has 0 heterocycles. The van der Waals surface area contributed by atoms with Crippen LogP contribution in [0.3, 0.4) is 0 Å². The quantitative estimate of drug-likeness (QED) is 0.119. The van der Waals surface area contributed by atoms with Crippen molar-refractivity contribution in [2.75, 3.05) is 0 Å². The van der Waals surface area contributed by atoms with E-state index in [4.69, 9.17) is 0 Å². The van der Waals surface area contributed by atoms with Crippen molar-refractivity contribution >= 4 is 31.9 Å². The summed E-state index contributed by atoms with van der Waals surface area (Å²) >= 11 is 7.41. The predicted octanol–water partition coefficient (Wildman–Crippen LogP) is 11.8. The fourth-order valence-electron chi connectivity index (χ4n) is 4.75. The van der Waals surface area contributed by atoms with Gasteiger partial charge in [-0.1, -0.05) is 126 Å². The van der Waals surface area contributed by atoms with E-state index in [1.807, 2.05) is 0 Å². The van der Waals surface area contributed by atoms with Crippen molar-refractivity contribution in [3.05, 3.63) is 103 Å². The average Bonchev–Trinajstić information content (AvgIpc) is 2.97. The largest absolute Gasteiger partial charge is 0.0654 e. The van der Waals surface area contributed by atoms with Crippen LogP contribution in [-0.4, -0.2) is 0 Å². The lowest BCUT2D eigenvalue weighted by atomic mass is 10.0. The first kappa shape index (κ1) is 32.3. The van der Waals surface area contributed by atoms with Gasteiger partial charge in [-0.15, -0.1) is 0 Å². The normalized spacial score (nSPS) is 10.5. The molecule has 2 heteroatoms. The van der Waals surface area contributed by atoms with Gasteiger partial charge in [0.05, 0.1) is 0 Å². The van der Waals surface area contributed by atoms with Gasteiger partial charge in [-0.2, -0.15) is 0 Å². The third-order valence-corrected chi connectivity index (χ3v) is 8.60. The van der Waals surface area contributed by atoms with Gasteiger partial charge in [0.2, 0.25) is 0 Å². The maximum Gasteiger partial charge on any atom is 0.0403 e. The summed E-state index contributed by atoms with van der Waals surface area (Å²) in [6.07, 6.45) is 18.3. The molecule has 3 aromatic rings. The minimum absolute atomic E-state index is 0.952. The summed E-state index contributed by atoms with van der Waals surface area (Å²) in [7, 11) is 0. The van der Waals surface area contributed by atoms with Gasteiger partial charge in [0.1, 0.15) is 0 Å². The smallest absolute Gasteiger partial charge is 0.0403 e. The molecule has 0 aliphatic heterocycles. The molecule has 210 valence electrons. The number of hydrogen-bond acceptors (Lipinski definition) is 0. The molecule has 0 saturated heterocycles. The van der Waals surface area contributed by atoms with Crippen molar-refractivity contribution in [1.82, 2.24) is 0 Å². The zero-order valence-corrected chi connectivity index (χ0v) is 27.6. The summed E-state index contributed by atoms with van der Waals surface area (Å²) in [5.74, 6) is 13.3. The third kappa shape index (κ3) is 12.1. The number of halogens is 2. The second-order valence-electron chi connectivity index (χ2n) is 10.7. The van der Waals surface area contributed by atoms with Crippen molar-refractivity contribution in [3.63, 3.8) is 0 Å². The fraction of sp³-hybridized carbons (Fsp3) is 0.421. The molecule has 0 saturated carbocycles. The Morgan fingerprint density at radius 1 is 0.450 bits per heavy atom. The van der Waals surface area contributed by atoms with E-state index in [9.17, 15) is 0 Å². The highest BCUT2D eigenvalue weighted by Crippen LogP contribution is 2.25. The molecule has 0 spiro atoms. The lowest BCUT2D eigenvalue weighted by Crippen LogP contribution is -1.88. The van der Waals surface area contributed by atoms with Crippen molar-refractivity contribution in [3.8, 4) is 23.7 Å². The molecule has 0 aliphatic carbocycles. The molecule has 3 rings (SSSR count). The SMILES string of the molecule is CCCCCCCCc1ccc(C#Cc2cc(Br)c(C#Cc3ccc(CCCCCCCC)cc3)cc2Br)cc1. The molecule has 40 heavy (non-hydrogen) atoms. The molecular weight excluding hydrogens is 616 g/mol. The van der Waals surface area contributed by atoms with Gasteiger partial charge in [0.15, 0.2) is 0 Å². The molecular formula is C38H44Br2. The Hall–Kier alpha value is -2.26. The molecule has 3 aromatic carbocycles. The van der Waals surface area contributed by atoms with Gasteiger partial charge in [-0.25, -0.2) is 0 Å². The summed E-state index contributed by atoms with van der Waals surface area (Å²) < 4.78 is 1.92. The summed E-state index contributed by atoms with van der Waals surface area (Å²) in [6, 6.07) is 21.6. The molecule has 0 aliphatic rings. The third-order valence-electron chi connectivity index (χ3n) is 7.29. The lowest BCUT2D eigenvalue weighted by Gasteiger charge is -2.03. The van der Waals surface area contributed by atoms with Crippen LogP contribution in [-0.2, 0) is 12.8 Å².